The number of ether oxygens (including phenoxy) is 1. The number of hydrogen-bond donors (Lipinski definition) is 1. The summed E-state index contributed by atoms with van der Waals surface area (Å²) < 4.78 is 29.6. The maximum Gasteiger partial charge on any atom is 0.387 e. The van der Waals surface area contributed by atoms with Crippen molar-refractivity contribution in [3.8, 4) is 5.75 Å². The number of hydrogen-bond acceptors (Lipinski definition) is 3. The van der Waals surface area contributed by atoms with Crippen molar-refractivity contribution in [2.24, 2.45) is 0 Å². The molecular weight excluding hydrogens is 334 g/mol. The van der Waals surface area contributed by atoms with Gasteiger partial charge >= 0.3 is 6.61 Å². The Kier molecular flexibility index (Phi) is 4.62. The number of amides is 1. The first kappa shape index (κ1) is 14.4. The normalized spacial score (nSPS) is 10.4. The molecular formula is C13H9BrF2N2O2. The van der Waals surface area contributed by atoms with E-state index in [1.807, 2.05) is 0 Å². The molecule has 0 aliphatic heterocycles. The van der Waals surface area contributed by atoms with E-state index in [-0.39, 0.29) is 11.3 Å². The fourth-order valence-corrected chi connectivity index (χ4v) is 1.84. The van der Waals surface area contributed by atoms with E-state index in [9.17, 15) is 13.6 Å². The summed E-state index contributed by atoms with van der Waals surface area (Å²) in [7, 11) is 0. The maximum absolute atomic E-state index is 12.3. The summed E-state index contributed by atoms with van der Waals surface area (Å²) in [5.41, 5.74) is 0.00887. The van der Waals surface area contributed by atoms with Crippen molar-refractivity contribution in [1.82, 2.24) is 4.98 Å². The number of anilines is 1. The van der Waals surface area contributed by atoms with Gasteiger partial charge in [-0.1, -0.05) is 28.1 Å². The highest BCUT2D eigenvalue weighted by atomic mass is 79.9. The summed E-state index contributed by atoms with van der Waals surface area (Å²) in [6, 6.07) is 9.05. The molecule has 0 bridgehead atoms. The Morgan fingerprint density at radius 2 is 2.05 bits per heavy atom. The Bertz CT molecular complexity index is 623. The lowest BCUT2D eigenvalue weighted by Crippen LogP contribution is -2.15. The van der Waals surface area contributed by atoms with Gasteiger partial charge in [-0.2, -0.15) is 8.78 Å². The van der Waals surface area contributed by atoms with Crippen molar-refractivity contribution >= 4 is 27.7 Å². The minimum Gasteiger partial charge on any atom is -0.434 e. The Labute approximate surface area is 121 Å². The number of carbonyl (C=O) groups is 1. The van der Waals surface area contributed by atoms with Gasteiger partial charge < -0.3 is 10.1 Å². The first-order valence-corrected chi connectivity index (χ1v) is 6.32. The lowest BCUT2D eigenvalue weighted by molar-refractivity contribution is -0.0501. The van der Waals surface area contributed by atoms with E-state index in [1.165, 1.54) is 24.4 Å². The van der Waals surface area contributed by atoms with Crippen LogP contribution in [0.15, 0.2) is 47.1 Å². The molecule has 1 aromatic carbocycles. The van der Waals surface area contributed by atoms with Gasteiger partial charge in [0.2, 0.25) is 0 Å². The molecule has 0 atom stereocenters. The van der Waals surface area contributed by atoms with Crippen LogP contribution in [0.25, 0.3) is 0 Å². The number of carbonyl (C=O) groups excluding carboxylic acids is 1. The topological polar surface area (TPSA) is 51.2 Å². The lowest BCUT2D eigenvalue weighted by Gasteiger charge is -2.10. The van der Waals surface area contributed by atoms with Crippen molar-refractivity contribution in [3.05, 3.63) is 52.6 Å². The summed E-state index contributed by atoms with van der Waals surface area (Å²) in [6.45, 7) is -2.99. The van der Waals surface area contributed by atoms with Gasteiger partial charge in [0.05, 0.1) is 5.56 Å². The summed E-state index contributed by atoms with van der Waals surface area (Å²) in [6.07, 6.45) is 1.50. The zero-order valence-corrected chi connectivity index (χ0v) is 11.6. The van der Waals surface area contributed by atoms with Crippen molar-refractivity contribution in [2.45, 2.75) is 6.61 Å². The van der Waals surface area contributed by atoms with Crippen LogP contribution in [0.4, 0.5) is 14.6 Å². The number of nitrogens with one attached hydrogen (secondary N) is 1. The van der Waals surface area contributed by atoms with E-state index in [2.05, 4.69) is 31.0 Å². The van der Waals surface area contributed by atoms with Gasteiger partial charge in [-0.05, 0) is 24.3 Å². The second kappa shape index (κ2) is 6.42. The van der Waals surface area contributed by atoms with Gasteiger partial charge in [0.15, 0.2) is 0 Å². The van der Waals surface area contributed by atoms with Crippen molar-refractivity contribution in [2.75, 3.05) is 5.32 Å². The zero-order valence-electron chi connectivity index (χ0n) is 10.0. The molecule has 0 fully saturated rings. The van der Waals surface area contributed by atoms with Crippen LogP contribution in [0.1, 0.15) is 10.4 Å². The molecule has 2 rings (SSSR count). The summed E-state index contributed by atoms with van der Waals surface area (Å²) in [5, 5.41) is 2.51. The number of para-hydroxylation sites is 1. The minimum absolute atomic E-state index is 0.00887. The van der Waals surface area contributed by atoms with Gasteiger partial charge in [0.25, 0.3) is 5.91 Å². The third-order valence-electron chi connectivity index (χ3n) is 2.31. The number of aromatic nitrogens is 1. The molecule has 0 aliphatic carbocycles. The molecule has 1 aromatic heterocycles. The van der Waals surface area contributed by atoms with Crippen LogP contribution in [-0.4, -0.2) is 17.5 Å². The molecule has 0 unspecified atom stereocenters. The first-order valence-electron chi connectivity index (χ1n) is 5.53. The van der Waals surface area contributed by atoms with Crippen LogP contribution in [0, 0.1) is 0 Å². The zero-order chi connectivity index (χ0) is 14.5. The molecule has 0 spiro atoms. The molecule has 1 N–H and O–H groups in total. The summed E-state index contributed by atoms with van der Waals surface area (Å²) in [4.78, 5) is 16.0. The summed E-state index contributed by atoms with van der Waals surface area (Å²) in [5.74, 6) is -0.460. The monoisotopic (exact) mass is 342 g/mol. The van der Waals surface area contributed by atoms with E-state index in [0.29, 0.717) is 5.82 Å². The van der Waals surface area contributed by atoms with Crippen LogP contribution in [0.2, 0.25) is 0 Å². The van der Waals surface area contributed by atoms with E-state index < -0.39 is 12.5 Å². The molecule has 0 saturated heterocycles. The number of nitrogens with zero attached hydrogens (tertiary/aromatic N) is 1. The molecule has 1 heterocycles. The molecule has 2 aromatic rings. The quantitative estimate of drug-likeness (QED) is 0.921. The van der Waals surface area contributed by atoms with Crippen LogP contribution in [0.3, 0.4) is 0 Å². The van der Waals surface area contributed by atoms with E-state index >= 15 is 0 Å². The van der Waals surface area contributed by atoms with E-state index in [1.54, 1.807) is 18.2 Å². The molecule has 4 nitrogen and oxygen atoms in total. The first-order chi connectivity index (χ1) is 9.56. The average Bonchev–Trinajstić information content (AvgIpc) is 2.38. The van der Waals surface area contributed by atoms with Gasteiger partial charge in [0.1, 0.15) is 11.6 Å². The standard InChI is InChI=1S/C13H9BrF2N2O2/c14-8-5-6-17-11(7-8)18-12(19)9-3-1-2-4-10(9)20-13(15)16/h1-7,13H,(H,17,18,19). The van der Waals surface area contributed by atoms with Crippen molar-refractivity contribution < 1.29 is 18.3 Å². The molecule has 7 heteroatoms. The van der Waals surface area contributed by atoms with Crippen LogP contribution < -0.4 is 10.1 Å². The largest absolute Gasteiger partial charge is 0.434 e. The second-order valence-electron chi connectivity index (χ2n) is 3.69. The maximum atomic E-state index is 12.3. The highest BCUT2D eigenvalue weighted by molar-refractivity contribution is 9.10. The summed E-state index contributed by atoms with van der Waals surface area (Å²) >= 11 is 3.24. The average molecular weight is 343 g/mol. The van der Waals surface area contributed by atoms with Gasteiger partial charge in [-0.15, -0.1) is 0 Å². The van der Waals surface area contributed by atoms with Crippen LogP contribution in [-0.2, 0) is 0 Å². The van der Waals surface area contributed by atoms with E-state index in [4.69, 9.17) is 0 Å². The SMILES string of the molecule is O=C(Nc1cc(Br)ccn1)c1ccccc1OC(F)F. The number of alkyl halides is 2. The van der Waals surface area contributed by atoms with Gasteiger partial charge in [-0.3, -0.25) is 4.79 Å². The molecule has 1 amide bonds. The number of benzene rings is 1. The third-order valence-corrected chi connectivity index (χ3v) is 2.80. The van der Waals surface area contributed by atoms with Crippen LogP contribution >= 0.6 is 15.9 Å². The Balaban J connectivity index is 2.21. The number of pyridine rings is 1. The molecule has 0 aliphatic rings. The van der Waals surface area contributed by atoms with E-state index in [0.717, 1.165) is 4.47 Å². The van der Waals surface area contributed by atoms with Crippen molar-refractivity contribution in [3.63, 3.8) is 0 Å². The fraction of sp³-hybridized carbons (Fsp3) is 0.0769. The third kappa shape index (κ3) is 3.74. The lowest BCUT2D eigenvalue weighted by atomic mass is 10.2. The smallest absolute Gasteiger partial charge is 0.387 e. The molecule has 20 heavy (non-hydrogen) atoms. The second-order valence-corrected chi connectivity index (χ2v) is 4.60. The number of halogens is 3. The molecule has 0 saturated carbocycles. The minimum atomic E-state index is -2.99. The predicted octanol–water partition coefficient (Wildman–Crippen LogP) is 3.70. The van der Waals surface area contributed by atoms with Crippen molar-refractivity contribution in [1.29, 1.82) is 0 Å². The Hall–Kier alpha value is -2.02. The van der Waals surface area contributed by atoms with Crippen LogP contribution in [0.5, 0.6) is 5.75 Å². The van der Waals surface area contributed by atoms with Gasteiger partial charge in [-0.25, -0.2) is 4.98 Å². The highest BCUT2D eigenvalue weighted by Crippen LogP contribution is 2.21. The highest BCUT2D eigenvalue weighted by Gasteiger charge is 2.15. The molecule has 0 radical (unpaired) electrons. The van der Waals surface area contributed by atoms with Gasteiger partial charge in [0, 0.05) is 10.7 Å². The molecule has 104 valence electrons. The fourth-order valence-electron chi connectivity index (χ4n) is 1.51. The Morgan fingerprint density at radius 1 is 1.30 bits per heavy atom. The predicted molar refractivity (Wildman–Crippen MR) is 73.0 cm³/mol. The Morgan fingerprint density at radius 3 is 2.75 bits per heavy atom. The number of rotatable bonds is 4.